The van der Waals surface area contributed by atoms with E-state index < -0.39 is 6.10 Å². The highest BCUT2D eigenvalue weighted by Gasteiger charge is 2.23. The van der Waals surface area contributed by atoms with Crippen LogP contribution >= 0.6 is 12.4 Å². The van der Waals surface area contributed by atoms with Crippen LogP contribution in [-0.2, 0) is 13.0 Å². The summed E-state index contributed by atoms with van der Waals surface area (Å²) in [5, 5.41) is 10.8. The number of hydrogen-bond donors (Lipinski definition) is 1. The first-order valence-electron chi connectivity index (χ1n) is 10.7. The number of halogens is 1. The van der Waals surface area contributed by atoms with E-state index in [2.05, 4.69) is 23.3 Å². The van der Waals surface area contributed by atoms with Crippen molar-refractivity contribution in [2.45, 2.75) is 57.1 Å². The Kier molecular flexibility index (Phi) is 7.94. The third-order valence-electron chi connectivity index (χ3n) is 5.82. The van der Waals surface area contributed by atoms with Crippen LogP contribution in [0.1, 0.15) is 49.4 Å². The standard InChI is InChI=1S/C25H30N2O2.ClH/c1-2-10-19-11-6-9-16-24(19)29-18-21(28)17-27-23-15-8-7-14-22(23)26-25(27)20-12-4-3-5-13-20;/h2,6-9,11,14-16,20-21,28H,1,3-5,10,12-13,17-18H2;1H. The highest BCUT2D eigenvalue weighted by Crippen LogP contribution is 2.34. The van der Waals surface area contributed by atoms with Crippen LogP contribution in [0.15, 0.2) is 61.2 Å². The number of aromatic nitrogens is 2. The summed E-state index contributed by atoms with van der Waals surface area (Å²) in [5.74, 6) is 2.42. The van der Waals surface area contributed by atoms with E-state index in [4.69, 9.17) is 9.72 Å². The predicted molar refractivity (Wildman–Crippen MR) is 125 cm³/mol. The van der Waals surface area contributed by atoms with Crippen LogP contribution < -0.4 is 4.74 Å². The number of imidazole rings is 1. The molecule has 1 aromatic heterocycles. The van der Waals surface area contributed by atoms with E-state index in [0.29, 0.717) is 12.5 Å². The number of rotatable bonds is 8. The van der Waals surface area contributed by atoms with E-state index in [9.17, 15) is 5.11 Å². The molecule has 0 saturated heterocycles. The molecule has 1 heterocycles. The molecule has 0 bridgehead atoms. The largest absolute Gasteiger partial charge is 0.491 e. The Morgan fingerprint density at radius 3 is 2.63 bits per heavy atom. The zero-order chi connectivity index (χ0) is 20.1. The van der Waals surface area contributed by atoms with Crippen LogP contribution in [0.5, 0.6) is 5.75 Å². The molecule has 3 aromatic rings. The number of nitrogens with zero attached hydrogens (tertiary/aromatic N) is 2. The number of aliphatic hydroxyl groups is 1. The summed E-state index contributed by atoms with van der Waals surface area (Å²) in [5.41, 5.74) is 3.20. The van der Waals surface area contributed by atoms with Crippen molar-refractivity contribution in [2.75, 3.05) is 6.61 Å². The third kappa shape index (κ3) is 5.05. The Balaban J connectivity index is 0.00000256. The molecule has 160 valence electrons. The lowest BCUT2D eigenvalue weighted by Gasteiger charge is -2.23. The summed E-state index contributed by atoms with van der Waals surface area (Å²) in [6, 6.07) is 16.2. The smallest absolute Gasteiger partial charge is 0.122 e. The molecule has 0 spiro atoms. The van der Waals surface area contributed by atoms with Crippen molar-refractivity contribution in [1.29, 1.82) is 0 Å². The Labute approximate surface area is 185 Å². The van der Waals surface area contributed by atoms with Crippen molar-refractivity contribution in [2.24, 2.45) is 0 Å². The van der Waals surface area contributed by atoms with Gasteiger partial charge in [0.25, 0.3) is 0 Å². The summed E-state index contributed by atoms with van der Waals surface area (Å²) < 4.78 is 8.18. The highest BCUT2D eigenvalue weighted by molar-refractivity contribution is 5.85. The highest BCUT2D eigenvalue weighted by atomic mass is 35.5. The fourth-order valence-electron chi connectivity index (χ4n) is 4.38. The number of benzene rings is 2. The van der Waals surface area contributed by atoms with E-state index in [1.165, 1.54) is 32.1 Å². The molecule has 4 rings (SSSR count). The monoisotopic (exact) mass is 426 g/mol. The number of ether oxygens (including phenoxy) is 1. The Bertz CT molecular complexity index is 963. The molecule has 4 nitrogen and oxygen atoms in total. The van der Waals surface area contributed by atoms with Gasteiger partial charge in [0.2, 0.25) is 0 Å². The van der Waals surface area contributed by atoms with Crippen molar-refractivity contribution in [3.63, 3.8) is 0 Å². The molecule has 5 heteroatoms. The summed E-state index contributed by atoms with van der Waals surface area (Å²) in [4.78, 5) is 4.95. The lowest BCUT2D eigenvalue weighted by atomic mass is 9.88. The van der Waals surface area contributed by atoms with Gasteiger partial charge in [-0.1, -0.05) is 55.7 Å². The van der Waals surface area contributed by atoms with Crippen LogP contribution in [0.4, 0.5) is 0 Å². The van der Waals surface area contributed by atoms with Crippen molar-refractivity contribution in [1.82, 2.24) is 9.55 Å². The second-order valence-corrected chi connectivity index (χ2v) is 7.97. The number of allylic oxidation sites excluding steroid dienone is 1. The van der Waals surface area contributed by atoms with Gasteiger partial charge in [-0.25, -0.2) is 4.98 Å². The Hall–Kier alpha value is -2.30. The predicted octanol–water partition coefficient (Wildman–Crippen LogP) is 5.67. The van der Waals surface area contributed by atoms with Crippen LogP contribution in [0, 0.1) is 0 Å². The minimum absolute atomic E-state index is 0. The van der Waals surface area contributed by atoms with Crippen LogP contribution in [0.25, 0.3) is 11.0 Å². The molecule has 1 aliphatic carbocycles. The Morgan fingerprint density at radius 1 is 1.10 bits per heavy atom. The molecule has 0 aliphatic heterocycles. The number of fused-ring (bicyclic) bond motifs is 1. The van der Waals surface area contributed by atoms with Crippen LogP contribution in [0.2, 0.25) is 0 Å². The van der Waals surface area contributed by atoms with Gasteiger partial charge >= 0.3 is 0 Å². The molecule has 1 unspecified atom stereocenters. The number of hydrogen-bond acceptors (Lipinski definition) is 3. The van der Waals surface area contributed by atoms with Crippen LogP contribution in [-0.4, -0.2) is 27.4 Å². The van der Waals surface area contributed by atoms with Gasteiger partial charge in [-0.2, -0.15) is 0 Å². The van der Waals surface area contributed by atoms with Gasteiger partial charge in [-0.15, -0.1) is 19.0 Å². The maximum Gasteiger partial charge on any atom is 0.122 e. The van der Waals surface area contributed by atoms with E-state index in [0.717, 1.165) is 34.6 Å². The zero-order valence-corrected chi connectivity index (χ0v) is 18.2. The number of para-hydroxylation sites is 3. The first-order chi connectivity index (χ1) is 14.3. The van der Waals surface area contributed by atoms with Gasteiger partial charge < -0.3 is 14.4 Å². The van der Waals surface area contributed by atoms with E-state index >= 15 is 0 Å². The van der Waals surface area contributed by atoms with Gasteiger partial charge in [-0.3, -0.25) is 0 Å². The van der Waals surface area contributed by atoms with Crippen molar-refractivity contribution < 1.29 is 9.84 Å². The molecular formula is C25H31ClN2O2. The topological polar surface area (TPSA) is 47.3 Å². The molecule has 1 fully saturated rings. The molecule has 0 radical (unpaired) electrons. The van der Waals surface area contributed by atoms with Crippen LogP contribution in [0.3, 0.4) is 0 Å². The molecule has 1 N–H and O–H groups in total. The second-order valence-electron chi connectivity index (χ2n) is 7.97. The second kappa shape index (κ2) is 10.6. The number of aliphatic hydroxyl groups excluding tert-OH is 1. The SMILES string of the molecule is C=CCc1ccccc1OCC(O)Cn1c(C2CCCCC2)nc2ccccc21.Cl. The lowest BCUT2D eigenvalue weighted by molar-refractivity contribution is 0.0918. The maximum absolute atomic E-state index is 10.8. The molecular weight excluding hydrogens is 396 g/mol. The molecule has 30 heavy (non-hydrogen) atoms. The summed E-state index contributed by atoms with van der Waals surface area (Å²) in [7, 11) is 0. The first kappa shape index (κ1) is 22.4. The lowest BCUT2D eigenvalue weighted by Crippen LogP contribution is -2.25. The van der Waals surface area contributed by atoms with Crippen molar-refractivity contribution in [3.8, 4) is 5.75 Å². The fourth-order valence-corrected chi connectivity index (χ4v) is 4.38. The molecule has 2 aromatic carbocycles. The van der Waals surface area contributed by atoms with Gasteiger partial charge in [-0.05, 0) is 43.0 Å². The van der Waals surface area contributed by atoms with Gasteiger partial charge in [0.1, 0.15) is 24.3 Å². The maximum atomic E-state index is 10.8. The van der Waals surface area contributed by atoms with Gasteiger partial charge in [0, 0.05) is 5.92 Å². The van der Waals surface area contributed by atoms with E-state index in [1.54, 1.807) is 0 Å². The molecule has 0 amide bonds. The minimum atomic E-state index is -0.605. The average Bonchev–Trinajstić information content (AvgIpc) is 3.12. The minimum Gasteiger partial charge on any atom is -0.491 e. The van der Waals surface area contributed by atoms with Gasteiger partial charge in [0.05, 0.1) is 17.6 Å². The quantitative estimate of drug-likeness (QED) is 0.472. The van der Waals surface area contributed by atoms with E-state index in [1.807, 2.05) is 42.5 Å². The summed E-state index contributed by atoms with van der Waals surface area (Å²) >= 11 is 0. The first-order valence-corrected chi connectivity index (χ1v) is 10.7. The van der Waals surface area contributed by atoms with E-state index in [-0.39, 0.29) is 19.0 Å². The van der Waals surface area contributed by atoms with Crippen molar-refractivity contribution in [3.05, 3.63) is 72.6 Å². The summed E-state index contributed by atoms with van der Waals surface area (Å²) in [6.07, 6.45) is 8.23. The molecule has 1 saturated carbocycles. The molecule has 1 aliphatic rings. The normalized spacial score (nSPS) is 15.5. The Morgan fingerprint density at radius 2 is 1.83 bits per heavy atom. The fraction of sp³-hybridized carbons (Fsp3) is 0.400. The van der Waals surface area contributed by atoms with Gasteiger partial charge in [0.15, 0.2) is 0 Å². The average molecular weight is 427 g/mol. The molecule has 1 atom stereocenters. The third-order valence-corrected chi connectivity index (χ3v) is 5.82. The summed E-state index contributed by atoms with van der Waals surface area (Å²) in [6.45, 7) is 4.56. The van der Waals surface area contributed by atoms with Crippen molar-refractivity contribution >= 4 is 23.4 Å². The zero-order valence-electron chi connectivity index (χ0n) is 17.4.